The molecule has 1 atom stereocenters. The second-order valence-corrected chi connectivity index (χ2v) is 6.54. The van der Waals surface area contributed by atoms with E-state index in [1.165, 1.54) is 13.2 Å². The number of nitrogens with zero attached hydrogens (tertiary/aromatic N) is 1. The molecule has 2 heterocycles. The topological polar surface area (TPSA) is 66.1 Å². The number of ether oxygens (including phenoxy) is 3. The van der Waals surface area contributed by atoms with Gasteiger partial charge in [-0.2, -0.15) is 0 Å². The number of fused-ring (bicyclic) bond motifs is 4. The number of halogens is 2. The molecule has 2 aromatic carbocycles. The Morgan fingerprint density at radius 2 is 2.12 bits per heavy atom. The van der Waals surface area contributed by atoms with Crippen molar-refractivity contribution in [1.82, 2.24) is 0 Å². The van der Waals surface area contributed by atoms with Crippen LogP contribution in [0, 0.1) is 5.82 Å². The molecule has 5 nitrogen and oxygen atoms in total. The number of nitrogens with two attached hydrogens (primary N) is 1. The van der Waals surface area contributed by atoms with Crippen molar-refractivity contribution in [2.75, 3.05) is 13.7 Å². The number of hydrogen-bond donors (Lipinski definition) is 1. The van der Waals surface area contributed by atoms with Crippen molar-refractivity contribution in [1.29, 1.82) is 0 Å². The molecule has 24 heavy (non-hydrogen) atoms. The van der Waals surface area contributed by atoms with E-state index in [4.69, 9.17) is 19.9 Å². The first-order valence-corrected chi connectivity index (χ1v) is 8.17. The molecule has 0 aromatic heterocycles. The third-order valence-corrected chi connectivity index (χ3v) is 4.78. The summed E-state index contributed by atoms with van der Waals surface area (Å²) >= 11 is 3.47. The minimum Gasteiger partial charge on any atom is -0.497 e. The summed E-state index contributed by atoms with van der Waals surface area (Å²) in [6.45, 7) is 0.468. The molecule has 0 fully saturated rings. The van der Waals surface area contributed by atoms with Crippen molar-refractivity contribution in [3.63, 3.8) is 0 Å². The van der Waals surface area contributed by atoms with Crippen LogP contribution in [0.15, 0.2) is 39.8 Å². The predicted molar refractivity (Wildman–Crippen MR) is 90.1 cm³/mol. The Hall–Kier alpha value is -2.28. The lowest BCUT2D eigenvalue weighted by molar-refractivity contribution is 0.0623. The van der Waals surface area contributed by atoms with Crippen LogP contribution in [0.3, 0.4) is 0 Å². The highest BCUT2D eigenvalue weighted by atomic mass is 79.9. The third kappa shape index (κ3) is 2.15. The number of aliphatic imine (C=N–C) groups is 1. The van der Waals surface area contributed by atoms with Gasteiger partial charge in [-0.3, -0.25) is 0 Å². The maximum Gasteiger partial charge on any atom is 0.283 e. The van der Waals surface area contributed by atoms with Gasteiger partial charge in [-0.1, -0.05) is 15.9 Å². The highest BCUT2D eigenvalue weighted by molar-refractivity contribution is 9.10. The van der Waals surface area contributed by atoms with E-state index in [2.05, 4.69) is 20.9 Å². The zero-order chi connectivity index (χ0) is 16.9. The van der Waals surface area contributed by atoms with Crippen molar-refractivity contribution >= 4 is 22.0 Å². The molecule has 124 valence electrons. The molecule has 0 bridgehead atoms. The second kappa shape index (κ2) is 5.37. The van der Waals surface area contributed by atoms with Crippen LogP contribution in [0.5, 0.6) is 17.2 Å². The Morgan fingerprint density at radius 1 is 1.29 bits per heavy atom. The molecule has 2 aliphatic rings. The van der Waals surface area contributed by atoms with E-state index in [-0.39, 0.29) is 11.8 Å². The van der Waals surface area contributed by atoms with Gasteiger partial charge in [0.2, 0.25) is 0 Å². The van der Waals surface area contributed by atoms with E-state index in [1.807, 2.05) is 12.1 Å². The second-order valence-electron chi connectivity index (χ2n) is 5.63. The fourth-order valence-corrected chi connectivity index (χ4v) is 3.58. The molecule has 0 unspecified atom stereocenters. The molecule has 0 radical (unpaired) electrons. The van der Waals surface area contributed by atoms with Crippen LogP contribution in [-0.2, 0) is 10.3 Å². The van der Waals surface area contributed by atoms with Crippen LogP contribution in [0.1, 0.15) is 17.5 Å². The molecule has 0 amide bonds. The van der Waals surface area contributed by atoms with E-state index in [9.17, 15) is 4.39 Å². The lowest BCUT2D eigenvalue weighted by atomic mass is 9.80. The maximum absolute atomic E-state index is 14.6. The average Bonchev–Trinajstić information content (AvgIpc) is 2.56. The first kappa shape index (κ1) is 15.3. The number of rotatable bonds is 1. The minimum atomic E-state index is -0.964. The Morgan fingerprint density at radius 3 is 2.88 bits per heavy atom. The predicted octanol–water partition coefficient (Wildman–Crippen LogP) is 3.68. The Bertz CT molecular complexity index is 871. The molecule has 0 aliphatic carbocycles. The van der Waals surface area contributed by atoms with Gasteiger partial charge in [0.15, 0.2) is 17.2 Å². The summed E-state index contributed by atoms with van der Waals surface area (Å²) in [6, 6.07) is 8.59. The van der Waals surface area contributed by atoms with Crippen LogP contribution in [-0.4, -0.2) is 19.7 Å². The molecule has 2 aliphatic heterocycles. The van der Waals surface area contributed by atoms with E-state index in [1.54, 1.807) is 12.1 Å². The summed E-state index contributed by atoms with van der Waals surface area (Å²) in [4.78, 5) is 4.11. The molecule has 0 saturated carbocycles. The van der Waals surface area contributed by atoms with E-state index in [0.29, 0.717) is 30.0 Å². The normalized spacial score (nSPS) is 21.2. The Kier molecular flexibility index (Phi) is 3.42. The molecule has 0 saturated heterocycles. The van der Waals surface area contributed by atoms with Crippen molar-refractivity contribution < 1.29 is 18.6 Å². The average molecular weight is 393 g/mol. The van der Waals surface area contributed by atoms with Crippen LogP contribution in [0.2, 0.25) is 0 Å². The molecule has 7 heteroatoms. The first-order chi connectivity index (χ1) is 11.5. The fraction of sp³-hybridized carbons (Fsp3) is 0.235. The number of hydrogen-bond acceptors (Lipinski definition) is 5. The SMILES string of the molecule is COc1cc(F)c2c(c1)[C@]1(CCN=C(N)O1)c1cc(Br)ccc1O2. The maximum atomic E-state index is 14.6. The van der Waals surface area contributed by atoms with E-state index < -0.39 is 11.4 Å². The molecule has 2 aromatic rings. The number of amidine groups is 1. The van der Waals surface area contributed by atoms with E-state index in [0.717, 1.165) is 10.0 Å². The molecular formula is C17H14BrFN2O3. The summed E-state index contributed by atoms with van der Waals surface area (Å²) in [5.74, 6) is 0.532. The van der Waals surface area contributed by atoms with Gasteiger partial charge < -0.3 is 19.9 Å². The zero-order valence-electron chi connectivity index (χ0n) is 12.8. The van der Waals surface area contributed by atoms with Gasteiger partial charge in [0, 0.05) is 34.6 Å². The lowest BCUT2D eigenvalue weighted by Crippen LogP contribution is -2.42. The fourth-order valence-electron chi connectivity index (χ4n) is 3.22. The van der Waals surface area contributed by atoms with Crippen LogP contribution < -0.4 is 15.2 Å². The largest absolute Gasteiger partial charge is 0.497 e. The van der Waals surface area contributed by atoms with Gasteiger partial charge in [-0.05, 0) is 24.3 Å². The highest BCUT2D eigenvalue weighted by Crippen LogP contribution is 2.53. The standard InChI is InChI=1S/C17H14BrFN2O3/c1-22-10-7-12-15(13(19)8-10)23-14-3-2-9(18)6-11(14)17(12)4-5-21-16(20)24-17/h2-3,6-8H,4-5H2,1H3,(H2,20,21)/t17-/m0/s1. The van der Waals surface area contributed by atoms with Gasteiger partial charge >= 0.3 is 0 Å². The highest BCUT2D eigenvalue weighted by Gasteiger charge is 2.47. The van der Waals surface area contributed by atoms with Crippen LogP contribution in [0.25, 0.3) is 0 Å². The first-order valence-electron chi connectivity index (χ1n) is 7.38. The van der Waals surface area contributed by atoms with Gasteiger partial charge in [0.05, 0.1) is 7.11 Å². The van der Waals surface area contributed by atoms with Crippen molar-refractivity contribution in [2.24, 2.45) is 10.7 Å². The van der Waals surface area contributed by atoms with Crippen molar-refractivity contribution in [3.8, 4) is 17.2 Å². The molecule has 4 rings (SSSR count). The third-order valence-electron chi connectivity index (χ3n) is 4.29. The number of benzene rings is 2. The zero-order valence-corrected chi connectivity index (χ0v) is 14.4. The van der Waals surface area contributed by atoms with Crippen molar-refractivity contribution in [2.45, 2.75) is 12.0 Å². The van der Waals surface area contributed by atoms with Crippen LogP contribution >= 0.6 is 15.9 Å². The molecule has 2 N–H and O–H groups in total. The summed E-state index contributed by atoms with van der Waals surface area (Å²) in [7, 11) is 1.49. The molecular weight excluding hydrogens is 379 g/mol. The summed E-state index contributed by atoms with van der Waals surface area (Å²) < 4.78 is 32.5. The number of methoxy groups -OCH3 is 1. The summed E-state index contributed by atoms with van der Waals surface area (Å²) in [5, 5.41) is 0. The summed E-state index contributed by atoms with van der Waals surface area (Å²) in [6.07, 6.45) is 0.514. The minimum absolute atomic E-state index is 0.0725. The lowest BCUT2D eigenvalue weighted by Gasteiger charge is -2.41. The van der Waals surface area contributed by atoms with Gasteiger partial charge in [0.25, 0.3) is 6.02 Å². The monoisotopic (exact) mass is 392 g/mol. The smallest absolute Gasteiger partial charge is 0.283 e. The Labute approximate surface area is 146 Å². The van der Waals surface area contributed by atoms with Crippen LogP contribution in [0.4, 0.5) is 4.39 Å². The summed E-state index contributed by atoms with van der Waals surface area (Å²) in [5.41, 5.74) is 6.20. The Balaban J connectivity index is 2.03. The van der Waals surface area contributed by atoms with Gasteiger partial charge in [-0.25, -0.2) is 9.38 Å². The molecule has 1 spiro atoms. The van der Waals surface area contributed by atoms with Crippen molar-refractivity contribution in [3.05, 3.63) is 51.7 Å². The van der Waals surface area contributed by atoms with E-state index >= 15 is 0 Å². The van der Waals surface area contributed by atoms with Gasteiger partial charge in [0.1, 0.15) is 11.5 Å². The quantitative estimate of drug-likeness (QED) is 0.803. The van der Waals surface area contributed by atoms with Gasteiger partial charge in [-0.15, -0.1) is 0 Å².